The third-order valence-corrected chi connectivity index (χ3v) is 4.73. The molecule has 1 fully saturated rings. The minimum atomic E-state index is -4.72. The molecule has 4 rings (SSSR count). The number of hydrogen-bond acceptors (Lipinski definition) is 7. The first-order chi connectivity index (χ1) is 15.0. The first kappa shape index (κ1) is 21.1. The minimum absolute atomic E-state index is 0.287. The summed E-state index contributed by atoms with van der Waals surface area (Å²) in [5, 5.41) is 3.06. The molecule has 0 saturated carbocycles. The van der Waals surface area contributed by atoms with Gasteiger partial charge in [0, 0.05) is 50.2 Å². The first-order valence-corrected chi connectivity index (χ1v) is 9.74. The zero-order valence-corrected chi connectivity index (χ0v) is 16.5. The van der Waals surface area contributed by atoms with Gasteiger partial charge in [0.05, 0.1) is 13.2 Å². The Labute approximate surface area is 176 Å². The number of imidazole rings is 1. The van der Waals surface area contributed by atoms with Crippen LogP contribution in [0.25, 0.3) is 5.82 Å². The summed E-state index contributed by atoms with van der Waals surface area (Å²) in [7, 11) is 0. The van der Waals surface area contributed by atoms with Gasteiger partial charge >= 0.3 is 6.36 Å². The van der Waals surface area contributed by atoms with E-state index < -0.39 is 6.36 Å². The van der Waals surface area contributed by atoms with Gasteiger partial charge in [0.25, 0.3) is 0 Å². The van der Waals surface area contributed by atoms with Crippen molar-refractivity contribution in [1.29, 1.82) is 0 Å². The maximum atomic E-state index is 12.3. The lowest BCUT2D eigenvalue weighted by Gasteiger charge is -2.26. The molecule has 0 aliphatic carbocycles. The molecule has 0 amide bonds. The predicted octanol–water partition coefficient (Wildman–Crippen LogP) is 3.18. The van der Waals surface area contributed by atoms with E-state index >= 15 is 0 Å². The average Bonchev–Trinajstić information content (AvgIpc) is 3.22. The molecular formula is C20H21F3N6O2. The third kappa shape index (κ3) is 5.92. The Morgan fingerprint density at radius 3 is 2.58 bits per heavy atom. The molecule has 8 nitrogen and oxygen atoms in total. The fraction of sp³-hybridized carbons (Fsp3) is 0.350. The molecule has 1 aliphatic heterocycles. The molecule has 0 unspecified atom stereocenters. The van der Waals surface area contributed by atoms with E-state index in [-0.39, 0.29) is 5.75 Å². The van der Waals surface area contributed by atoms with Crippen molar-refractivity contribution < 1.29 is 22.6 Å². The quantitative estimate of drug-likeness (QED) is 0.612. The Balaban J connectivity index is 1.42. The van der Waals surface area contributed by atoms with Gasteiger partial charge in [-0.25, -0.2) is 15.0 Å². The average molecular weight is 434 g/mol. The summed E-state index contributed by atoms with van der Waals surface area (Å²) in [5.74, 6) is 1.74. The van der Waals surface area contributed by atoms with Crippen molar-refractivity contribution in [2.45, 2.75) is 12.8 Å². The summed E-state index contributed by atoms with van der Waals surface area (Å²) >= 11 is 0. The molecule has 3 aromatic rings. The summed E-state index contributed by atoms with van der Waals surface area (Å²) in [6.07, 6.45) is 1.03. The number of ether oxygens (including phenoxy) is 2. The monoisotopic (exact) mass is 434 g/mol. The molecule has 3 heterocycles. The largest absolute Gasteiger partial charge is 0.573 e. The van der Waals surface area contributed by atoms with Crippen LogP contribution in [0.3, 0.4) is 0 Å². The summed E-state index contributed by atoms with van der Waals surface area (Å²) in [6.45, 7) is 4.20. The predicted molar refractivity (Wildman–Crippen MR) is 107 cm³/mol. The van der Waals surface area contributed by atoms with E-state index in [1.54, 1.807) is 12.3 Å². The summed E-state index contributed by atoms with van der Waals surface area (Å²) in [6, 6.07) is 7.18. The lowest BCUT2D eigenvalue weighted by molar-refractivity contribution is -0.274. The Morgan fingerprint density at radius 1 is 1.06 bits per heavy atom. The van der Waals surface area contributed by atoms with Gasteiger partial charge in [-0.2, -0.15) is 0 Å². The van der Waals surface area contributed by atoms with Crippen molar-refractivity contribution in [3.05, 3.63) is 54.9 Å². The van der Waals surface area contributed by atoms with E-state index in [0.29, 0.717) is 17.3 Å². The van der Waals surface area contributed by atoms with Crippen LogP contribution in [0.5, 0.6) is 5.75 Å². The number of benzene rings is 1. The second-order valence-corrected chi connectivity index (χ2v) is 6.88. The summed E-state index contributed by atoms with van der Waals surface area (Å²) < 4.78 is 48.0. The number of alkyl halides is 3. The molecule has 1 N–H and O–H groups in total. The standard InChI is InChI=1S/C20H21F3N6O2/c21-20(22,23)31-16-3-1-15(2-4-16)27-17-13-19(26-14-25-17)29-8-6-24-18(29)5-7-28-9-11-30-12-10-28/h1-4,6,8,13-14H,5,7,9-12H2,(H,25,26,27). The lowest BCUT2D eigenvalue weighted by Crippen LogP contribution is -2.37. The van der Waals surface area contributed by atoms with Crippen molar-refractivity contribution in [3.63, 3.8) is 0 Å². The molecule has 0 radical (unpaired) electrons. The molecule has 1 aromatic carbocycles. The van der Waals surface area contributed by atoms with Crippen LogP contribution in [-0.4, -0.2) is 63.6 Å². The maximum absolute atomic E-state index is 12.3. The van der Waals surface area contributed by atoms with Crippen molar-refractivity contribution in [1.82, 2.24) is 24.4 Å². The number of anilines is 2. The lowest BCUT2D eigenvalue weighted by atomic mass is 10.3. The number of nitrogens with one attached hydrogen (secondary N) is 1. The van der Waals surface area contributed by atoms with Gasteiger partial charge in [0.15, 0.2) is 0 Å². The highest BCUT2D eigenvalue weighted by Gasteiger charge is 2.30. The molecule has 1 saturated heterocycles. The summed E-state index contributed by atoms with van der Waals surface area (Å²) in [4.78, 5) is 15.3. The Morgan fingerprint density at radius 2 is 1.84 bits per heavy atom. The number of aromatic nitrogens is 4. The highest BCUT2D eigenvalue weighted by Crippen LogP contribution is 2.25. The van der Waals surface area contributed by atoms with E-state index in [2.05, 4.69) is 29.9 Å². The summed E-state index contributed by atoms with van der Waals surface area (Å²) in [5.41, 5.74) is 0.567. The second-order valence-electron chi connectivity index (χ2n) is 6.88. The molecule has 31 heavy (non-hydrogen) atoms. The van der Waals surface area contributed by atoms with Crippen molar-refractivity contribution in [3.8, 4) is 11.6 Å². The van der Waals surface area contributed by atoms with Gasteiger partial charge in [-0.1, -0.05) is 0 Å². The van der Waals surface area contributed by atoms with Gasteiger partial charge in [-0.3, -0.25) is 9.47 Å². The number of morpholine rings is 1. The fourth-order valence-corrected chi connectivity index (χ4v) is 3.25. The van der Waals surface area contributed by atoms with E-state index in [1.165, 1.54) is 30.6 Å². The van der Waals surface area contributed by atoms with Gasteiger partial charge in [0.1, 0.15) is 29.5 Å². The molecule has 2 aromatic heterocycles. The SMILES string of the molecule is FC(F)(F)Oc1ccc(Nc2cc(-n3ccnc3CCN3CCOCC3)ncn2)cc1. The van der Waals surface area contributed by atoms with Gasteiger partial charge < -0.3 is 14.8 Å². The van der Waals surface area contributed by atoms with E-state index in [4.69, 9.17) is 4.74 Å². The van der Waals surface area contributed by atoms with Gasteiger partial charge in [0.2, 0.25) is 0 Å². The van der Waals surface area contributed by atoms with Crippen LogP contribution in [0.1, 0.15) is 5.82 Å². The first-order valence-electron chi connectivity index (χ1n) is 9.74. The Bertz CT molecular complexity index is 987. The van der Waals surface area contributed by atoms with Crippen LogP contribution in [0.2, 0.25) is 0 Å². The maximum Gasteiger partial charge on any atom is 0.573 e. The van der Waals surface area contributed by atoms with E-state index in [9.17, 15) is 13.2 Å². The second kappa shape index (κ2) is 9.31. The number of halogens is 3. The number of hydrogen-bond donors (Lipinski definition) is 1. The van der Waals surface area contributed by atoms with Crippen LogP contribution in [0, 0.1) is 0 Å². The fourth-order valence-electron chi connectivity index (χ4n) is 3.25. The smallest absolute Gasteiger partial charge is 0.406 e. The van der Waals surface area contributed by atoms with Crippen molar-refractivity contribution >= 4 is 11.5 Å². The highest BCUT2D eigenvalue weighted by molar-refractivity contribution is 5.58. The van der Waals surface area contributed by atoms with Crippen LogP contribution >= 0.6 is 0 Å². The molecule has 1 aliphatic rings. The van der Waals surface area contributed by atoms with Gasteiger partial charge in [-0.05, 0) is 24.3 Å². The molecular weight excluding hydrogens is 413 g/mol. The zero-order valence-electron chi connectivity index (χ0n) is 16.5. The third-order valence-electron chi connectivity index (χ3n) is 4.73. The van der Waals surface area contributed by atoms with Crippen LogP contribution in [0.15, 0.2) is 49.1 Å². The number of nitrogens with zero attached hydrogens (tertiary/aromatic N) is 5. The molecule has 164 valence electrons. The zero-order chi connectivity index (χ0) is 21.7. The molecule has 0 atom stereocenters. The Hall–Kier alpha value is -3.18. The van der Waals surface area contributed by atoms with E-state index in [1.807, 2.05) is 10.8 Å². The molecule has 0 bridgehead atoms. The highest BCUT2D eigenvalue weighted by atomic mass is 19.4. The topological polar surface area (TPSA) is 77.3 Å². The van der Waals surface area contributed by atoms with Crippen LogP contribution < -0.4 is 10.1 Å². The van der Waals surface area contributed by atoms with Crippen molar-refractivity contribution in [2.24, 2.45) is 0 Å². The Kier molecular flexibility index (Phi) is 6.33. The van der Waals surface area contributed by atoms with Gasteiger partial charge in [-0.15, -0.1) is 13.2 Å². The minimum Gasteiger partial charge on any atom is -0.406 e. The molecule has 0 spiro atoms. The number of rotatable bonds is 7. The van der Waals surface area contributed by atoms with Crippen LogP contribution in [0.4, 0.5) is 24.7 Å². The molecule has 11 heteroatoms. The normalized spacial score (nSPS) is 15.1. The van der Waals surface area contributed by atoms with Crippen LogP contribution in [-0.2, 0) is 11.2 Å². The van der Waals surface area contributed by atoms with Crippen molar-refractivity contribution in [2.75, 3.05) is 38.2 Å². The van der Waals surface area contributed by atoms with E-state index in [0.717, 1.165) is 45.1 Å².